The number of aromatic nitrogens is 1. The van der Waals surface area contributed by atoms with Gasteiger partial charge >= 0.3 is 5.97 Å². The highest BCUT2D eigenvalue weighted by Gasteiger charge is 2.31. The first-order chi connectivity index (χ1) is 15.9. The van der Waals surface area contributed by atoms with Crippen LogP contribution in [0.5, 0.6) is 5.75 Å². The molecule has 33 heavy (non-hydrogen) atoms. The lowest BCUT2D eigenvalue weighted by atomic mass is 10.0. The average Bonchev–Trinajstić information content (AvgIpc) is 3.13. The van der Waals surface area contributed by atoms with E-state index in [0.29, 0.717) is 27.7 Å². The number of benzene rings is 2. The summed E-state index contributed by atoms with van der Waals surface area (Å²) in [5.74, 6) is -0.911. The van der Waals surface area contributed by atoms with Gasteiger partial charge in [-0.15, -0.1) is 0 Å². The molecule has 1 fully saturated rings. The second kappa shape index (κ2) is 9.68. The van der Waals surface area contributed by atoms with Gasteiger partial charge < -0.3 is 14.4 Å². The second-order valence-corrected chi connectivity index (χ2v) is 8.45. The van der Waals surface area contributed by atoms with E-state index in [1.54, 1.807) is 55.0 Å². The molecular formula is C25H26ClN3O4. The maximum Gasteiger partial charge on any atom is 0.338 e. The summed E-state index contributed by atoms with van der Waals surface area (Å²) < 4.78 is 7.07. The van der Waals surface area contributed by atoms with Gasteiger partial charge in [0.25, 0.3) is 5.91 Å². The number of rotatable bonds is 6. The maximum atomic E-state index is 13.5. The Hall–Kier alpha value is -3.29. The number of hydrazine groups is 1. The van der Waals surface area contributed by atoms with E-state index in [9.17, 15) is 14.7 Å². The predicted molar refractivity (Wildman–Crippen MR) is 127 cm³/mol. The van der Waals surface area contributed by atoms with E-state index < -0.39 is 11.9 Å². The Morgan fingerprint density at radius 3 is 2.18 bits per heavy atom. The molecule has 1 saturated heterocycles. The Kier molecular flexibility index (Phi) is 6.72. The quantitative estimate of drug-likeness (QED) is 0.536. The first-order valence-electron chi connectivity index (χ1n) is 10.9. The van der Waals surface area contributed by atoms with Crippen LogP contribution in [0.3, 0.4) is 0 Å². The summed E-state index contributed by atoms with van der Waals surface area (Å²) in [7, 11) is 1.58. The van der Waals surface area contributed by atoms with Crippen molar-refractivity contribution in [3.05, 3.63) is 70.4 Å². The van der Waals surface area contributed by atoms with Crippen molar-refractivity contribution < 1.29 is 19.4 Å². The van der Waals surface area contributed by atoms with E-state index >= 15 is 0 Å². The third kappa shape index (κ3) is 4.60. The third-order valence-electron chi connectivity index (χ3n) is 5.91. The molecule has 2 aromatic carbocycles. The molecule has 0 radical (unpaired) electrons. The van der Waals surface area contributed by atoms with E-state index in [-0.39, 0.29) is 11.1 Å². The molecule has 1 aliphatic rings. The van der Waals surface area contributed by atoms with Gasteiger partial charge in [0.15, 0.2) is 0 Å². The molecule has 0 spiro atoms. The number of nitrogens with zero attached hydrogens (tertiary/aromatic N) is 2. The number of halogens is 1. The summed E-state index contributed by atoms with van der Waals surface area (Å²) in [6.07, 6.45) is 3.10. The van der Waals surface area contributed by atoms with Crippen LogP contribution in [0.25, 0.3) is 16.9 Å². The van der Waals surface area contributed by atoms with E-state index in [4.69, 9.17) is 16.3 Å². The Bertz CT molecular complexity index is 1160. The van der Waals surface area contributed by atoms with Gasteiger partial charge in [0.05, 0.1) is 23.9 Å². The van der Waals surface area contributed by atoms with Crippen LogP contribution in [-0.4, -0.2) is 46.8 Å². The van der Waals surface area contributed by atoms with E-state index in [1.807, 2.05) is 17.1 Å². The molecule has 3 aromatic rings. The van der Waals surface area contributed by atoms with Crippen molar-refractivity contribution in [3.63, 3.8) is 0 Å². The molecule has 7 nitrogen and oxygen atoms in total. The molecule has 2 heterocycles. The number of carbonyl (C=O) groups is 2. The lowest BCUT2D eigenvalue weighted by Gasteiger charge is -2.27. The summed E-state index contributed by atoms with van der Waals surface area (Å²) in [5.41, 5.74) is 5.41. The van der Waals surface area contributed by atoms with Crippen molar-refractivity contribution in [2.45, 2.75) is 26.2 Å². The van der Waals surface area contributed by atoms with Crippen LogP contribution in [0.1, 0.15) is 45.7 Å². The number of hydrogen-bond acceptors (Lipinski definition) is 4. The molecule has 0 aliphatic carbocycles. The number of methoxy groups -OCH3 is 1. The third-order valence-corrected chi connectivity index (χ3v) is 6.16. The maximum absolute atomic E-state index is 13.5. The molecule has 1 aromatic heterocycles. The lowest BCUT2D eigenvalue weighted by Crippen LogP contribution is -2.45. The first-order valence-corrected chi connectivity index (χ1v) is 11.2. The number of nitrogens with one attached hydrogen (secondary N) is 1. The highest BCUT2D eigenvalue weighted by atomic mass is 35.5. The lowest BCUT2D eigenvalue weighted by molar-refractivity contribution is 0.0675. The Morgan fingerprint density at radius 2 is 1.61 bits per heavy atom. The predicted octanol–water partition coefficient (Wildman–Crippen LogP) is 4.94. The number of aromatic carboxylic acids is 1. The summed E-state index contributed by atoms with van der Waals surface area (Å²) >= 11 is 6.11. The topological polar surface area (TPSA) is 83.8 Å². The largest absolute Gasteiger partial charge is 0.497 e. The minimum Gasteiger partial charge on any atom is -0.497 e. The van der Waals surface area contributed by atoms with Gasteiger partial charge in [-0.05, 0) is 61.7 Å². The van der Waals surface area contributed by atoms with E-state index in [0.717, 1.165) is 38.0 Å². The SMILES string of the molecule is COc1ccc(-n2c(C)c(C(=O)O)c(C(=O)NN3CCCCC3)c2-c2ccc(Cl)cc2)cc1. The Balaban J connectivity index is 1.93. The van der Waals surface area contributed by atoms with Gasteiger partial charge in [0.2, 0.25) is 0 Å². The first kappa shape index (κ1) is 22.9. The zero-order chi connectivity index (χ0) is 23.5. The van der Waals surface area contributed by atoms with Gasteiger partial charge in [-0.1, -0.05) is 30.2 Å². The molecule has 8 heteroatoms. The molecule has 0 bridgehead atoms. The van der Waals surface area contributed by atoms with Crippen LogP contribution in [0, 0.1) is 6.92 Å². The molecule has 1 aliphatic heterocycles. The van der Waals surface area contributed by atoms with Crippen LogP contribution < -0.4 is 10.2 Å². The summed E-state index contributed by atoms with van der Waals surface area (Å²) in [4.78, 5) is 25.9. The van der Waals surface area contributed by atoms with Crippen molar-refractivity contribution in [3.8, 4) is 22.7 Å². The van der Waals surface area contributed by atoms with Crippen molar-refractivity contribution in [1.82, 2.24) is 15.0 Å². The van der Waals surface area contributed by atoms with Crippen LogP contribution in [0.15, 0.2) is 48.5 Å². The van der Waals surface area contributed by atoms with E-state index in [2.05, 4.69) is 5.43 Å². The molecule has 2 N–H and O–H groups in total. The number of carboxylic acid groups (broad SMARTS) is 1. The fourth-order valence-electron chi connectivity index (χ4n) is 4.31. The molecule has 172 valence electrons. The van der Waals surface area contributed by atoms with Crippen molar-refractivity contribution in [1.29, 1.82) is 0 Å². The van der Waals surface area contributed by atoms with Crippen LogP contribution in [-0.2, 0) is 0 Å². The summed E-state index contributed by atoms with van der Waals surface area (Å²) in [6, 6.07) is 14.3. The highest BCUT2D eigenvalue weighted by Crippen LogP contribution is 2.36. The Labute approximate surface area is 197 Å². The van der Waals surface area contributed by atoms with Crippen molar-refractivity contribution in [2.24, 2.45) is 0 Å². The highest BCUT2D eigenvalue weighted by molar-refractivity contribution is 6.30. The van der Waals surface area contributed by atoms with Gasteiger partial charge in [-0.3, -0.25) is 10.2 Å². The molecule has 0 saturated carbocycles. The zero-order valence-corrected chi connectivity index (χ0v) is 19.4. The number of carbonyl (C=O) groups excluding carboxylic acids is 1. The normalized spacial score (nSPS) is 14.2. The van der Waals surface area contributed by atoms with Gasteiger partial charge in [0, 0.05) is 29.5 Å². The Morgan fingerprint density at radius 1 is 0.970 bits per heavy atom. The van der Waals surface area contributed by atoms with Crippen molar-refractivity contribution >= 4 is 23.5 Å². The molecular weight excluding hydrogens is 442 g/mol. The minimum absolute atomic E-state index is 0.0229. The number of hydrogen-bond donors (Lipinski definition) is 2. The minimum atomic E-state index is -1.15. The van der Waals surface area contributed by atoms with Gasteiger partial charge in [0.1, 0.15) is 5.75 Å². The average molecular weight is 468 g/mol. The van der Waals surface area contributed by atoms with Gasteiger partial charge in [-0.2, -0.15) is 0 Å². The summed E-state index contributed by atoms with van der Waals surface area (Å²) in [6.45, 7) is 3.19. The fraction of sp³-hybridized carbons (Fsp3) is 0.280. The molecule has 0 atom stereocenters. The number of ether oxygens (including phenoxy) is 1. The van der Waals surface area contributed by atoms with Crippen molar-refractivity contribution in [2.75, 3.05) is 20.2 Å². The second-order valence-electron chi connectivity index (χ2n) is 8.02. The molecule has 0 unspecified atom stereocenters. The smallest absolute Gasteiger partial charge is 0.338 e. The van der Waals surface area contributed by atoms with Crippen LogP contribution >= 0.6 is 11.6 Å². The molecule has 4 rings (SSSR count). The monoisotopic (exact) mass is 467 g/mol. The van der Waals surface area contributed by atoms with Crippen LogP contribution in [0.2, 0.25) is 5.02 Å². The number of piperidine rings is 1. The fourth-order valence-corrected chi connectivity index (χ4v) is 4.44. The summed E-state index contributed by atoms with van der Waals surface area (Å²) in [5, 5.41) is 12.5. The number of carboxylic acids is 1. The molecule has 1 amide bonds. The standard InChI is InChI=1S/C25H26ClN3O4/c1-16-21(25(31)32)22(24(30)27-28-14-4-3-5-15-28)23(17-6-8-18(26)9-7-17)29(16)19-10-12-20(33-2)13-11-19/h6-13H,3-5,14-15H2,1-2H3,(H,27,30)(H,31,32). The van der Waals surface area contributed by atoms with Gasteiger partial charge in [-0.25, -0.2) is 9.80 Å². The number of amides is 1. The zero-order valence-electron chi connectivity index (χ0n) is 18.6. The van der Waals surface area contributed by atoms with Crippen LogP contribution in [0.4, 0.5) is 0 Å². The van der Waals surface area contributed by atoms with E-state index in [1.165, 1.54) is 0 Å².